The van der Waals surface area contributed by atoms with Crippen molar-refractivity contribution >= 4 is 24.1 Å². The number of nitrogens with zero attached hydrogens (tertiary/aromatic N) is 3. The predicted molar refractivity (Wildman–Crippen MR) is 100 cm³/mol. The molecule has 1 unspecified atom stereocenters. The number of anilines is 1. The van der Waals surface area contributed by atoms with Gasteiger partial charge < -0.3 is 16.0 Å². The Labute approximate surface area is 154 Å². The lowest BCUT2D eigenvalue weighted by molar-refractivity contribution is -0.137. The summed E-state index contributed by atoms with van der Waals surface area (Å²) in [6.07, 6.45) is 3.39. The molecule has 0 radical (unpaired) electrons. The van der Waals surface area contributed by atoms with Crippen LogP contribution >= 0.6 is 12.4 Å². The number of hydrogen-bond donors (Lipinski definition) is 2. The van der Waals surface area contributed by atoms with Crippen molar-refractivity contribution in [2.75, 3.05) is 18.4 Å². The van der Waals surface area contributed by atoms with Crippen molar-refractivity contribution in [1.82, 2.24) is 15.1 Å². The topological polar surface area (TPSA) is 84.1 Å². The van der Waals surface area contributed by atoms with E-state index in [4.69, 9.17) is 5.73 Å². The fourth-order valence-electron chi connectivity index (χ4n) is 3.05. The Morgan fingerprint density at radius 2 is 1.88 bits per heavy atom. The molecule has 1 aromatic heterocycles. The molecule has 7 heteroatoms. The van der Waals surface area contributed by atoms with E-state index in [1.54, 1.807) is 13.1 Å². The maximum absolute atomic E-state index is 12.8. The van der Waals surface area contributed by atoms with E-state index in [0.29, 0.717) is 19.1 Å². The molecule has 2 aromatic rings. The third-order valence-electron chi connectivity index (χ3n) is 4.52. The molecule has 0 bridgehead atoms. The normalized spacial score (nSPS) is 17.3. The molecule has 3 rings (SSSR count). The fraction of sp³-hybridized carbons (Fsp3) is 0.389. The zero-order chi connectivity index (χ0) is 17.0. The molecule has 1 atom stereocenters. The van der Waals surface area contributed by atoms with Gasteiger partial charge in [-0.15, -0.1) is 17.5 Å². The highest BCUT2D eigenvalue weighted by molar-refractivity contribution is 5.87. The zero-order valence-electron chi connectivity index (χ0n) is 14.3. The van der Waals surface area contributed by atoms with Gasteiger partial charge in [0.25, 0.3) is 0 Å². The van der Waals surface area contributed by atoms with Gasteiger partial charge in [0.2, 0.25) is 5.91 Å². The third-order valence-corrected chi connectivity index (χ3v) is 4.52. The smallest absolute Gasteiger partial charge is 0.246 e. The number of rotatable bonds is 4. The number of carbonyl (C=O) groups excluding carboxylic acids is 1. The largest absolute Gasteiger partial charge is 0.366 e. The zero-order valence-corrected chi connectivity index (χ0v) is 15.1. The van der Waals surface area contributed by atoms with Crippen LogP contribution < -0.4 is 11.1 Å². The van der Waals surface area contributed by atoms with Crippen molar-refractivity contribution in [1.29, 1.82) is 0 Å². The molecule has 0 saturated carbocycles. The lowest BCUT2D eigenvalue weighted by Crippen LogP contribution is -2.54. The Morgan fingerprint density at radius 1 is 1.20 bits per heavy atom. The number of aromatic nitrogens is 2. The maximum atomic E-state index is 12.8. The van der Waals surface area contributed by atoms with E-state index >= 15 is 0 Å². The summed E-state index contributed by atoms with van der Waals surface area (Å²) < 4.78 is 0. The summed E-state index contributed by atoms with van der Waals surface area (Å²) in [6.45, 7) is 3.17. The van der Waals surface area contributed by atoms with Crippen LogP contribution in [0.1, 0.15) is 25.3 Å². The fourth-order valence-corrected chi connectivity index (χ4v) is 3.05. The van der Waals surface area contributed by atoms with Gasteiger partial charge in [0.15, 0.2) is 0 Å². The summed E-state index contributed by atoms with van der Waals surface area (Å²) >= 11 is 0. The van der Waals surface area contributed by atoms with Crippen LogP contribution in [0.4, 0.5) is 5.82 Å². The molecule has 0 spiro atoms. The van der Waals surface area contributed by atoms with E-state index in [9.17, 15) is 4.79 Å². The minimum Gasteiger partial charge on any atom is -0.366 e. The highest BCUT2D eigenvalue weighted by Gasteiger charge is 2.36. The lowest BCUT2D eigenvalue weighted by Gasteiger charge is -2.37. The summed E-state index contributed by atoms with van der Waals surface area (Å²) in [6, 6.07) is 13.6. The second-order valence-electron chi connectivity index (χ2n) is 6.39. The average Bonchev–Trinajstić information content (AvgIpc) is 2.63. The number of nitrogens with one attached hydrogen (secondary N) is 1. The van der Waals surface area contributed by atoms with Gasteiger partial charge in [0.05, 0.1) is 0 Å². The number of piperidine rings is 1. The Bertz CT molecular complexity index is 672. The molecule has 1 aromatic carbocycles. The highest BCUT2D eigenvalue weighted by Crippen LogP contribution is 2.23. The standard InChI is InChI=1S/C18H23N5O.ClH/c1-18(19,14-6-3-2-4-7-14)17(24)23-12-9-15(10-13-23)21-16-8-5-11-20-22-16;/h2-8,11,15H,9-10,12-13,19H2,1H3,(H,21,22);1H. The van der Waals surface area contributed by atoms with E-state index < -0.39 is 5.54 Å². The van der Waals surface area contributed by atoms with Gasteiger partial charge in [-0.25, -0.2) is 0 Å². The van der Waals surface area contributed by atoms with E-state index in [1.165, 1.54) is 0 Å². The molecular formula is C18H24ClN5O. The maximum Gasteiger partial charge on any atom is 0.246 e. The van der Waals surface area contributed by atoms with Crippen molar-refractivity contribution in [3.8, 4) is 0 Å². The van der Waals surface area contributed by atoms with Crippen LogP contribution in [0.5, 0.6) is 0 Å². The van der Waals surface area contributed by atoms with E-state index in [-0.39, 0.29) is 18.3 Å². The van der Waals surface area contributed by atoms with Crippen molar-refractivity contribution in [3.63, 3.8) is 0 Å². The minimum atomic E-state index is -0.994. The quantitative estimate of drug-likeness (QED) is 0.871. The number of amides is 1. The van der Waals surface area contributed by atoms with Crippen LogP contribution in [-0.4, -0.2) is 40.1 Å². The minimum absolute atomic E-state index is 0. The van der Waals surface area contributed by atoms with Crippen LogP contribution in [0, 0.1) is 0 Å². The first kappa shape index (κ1) is 19.1. The van der Waals surface area contributed by atoms with E-state index in [0.717, 1.165) is 24.2 Å². The molecule has 1 fully saturated rings. The first-order valence-electron chi connectivity index (χ1n) is 8.25. The van der Waals surface area contributed by atoms with Crippen molar-refractivity contribution in [3.05, 3.63) is 54.2 Å². The Hall–Kier alpha value is -2.18. The number of carbonyl (C=O) groups is 1. The van der Waals surface area contributed by atoms with Gasteiger partial charge in [-0.1, -0.05) is 30.3 Å². The Morgan fingerprint density at radius 3 is 2.48 bits per heavy atom. The van der Waals surface area contributed by atoms with Crippen molar-refractivity contribution in [2.24, 2.45) is 5.73 Å². The average molecular weight is 362 g/mol. The first-order chi connectivity index (χ1) is 11.6. The van der Waals surface area contributed by atoms with Gasteiger partial charge in [-0.05, 0) is 37.5 Å². The molecule has 1 aliphatic heterocycles. The summed E-state index contributed by atoms with van der Waals surface area (Å²) in [5.74, 6) is 0.752. The molecule has 2 heterocycles. The summed E-state index contributed by atoms with van der Waals surface area (Å²) in [5, 5.41) is 11.3. The molecule has 0 aliphatic carbocycles. The second kappa shape index (κ2) is 8.27. The van der Waals surface area contributed by atoms with Crippen molar-refractivity contribution < 1.29 is 4.79 Å². The summed E-state index contributed by atoms with van der Waals surface area (Å²) in [5.41, 5.74) is 6.19. The first-order valence-corrected chi connectivity index (χ1v) is 8.25. The summed E-state index contributed by atoms with van der Waals surface area (Å²) in [4.78, 5) is 14.7. The number of nitrogens with two attached hydrogens (primary N) is 1. The van der Waals surface area contributed by atoms with E-state index in [1.807, 2.05) is 47.4 Å². The number of benzene rings is 1. The molecule has 1 saturated heterocycles. The van der Waals surface area contributed by atoms with Gasteiger partial charge in [-0.2, -0.15) is 5.10 Å². The molecular weight excluding hydrogens is 338 g/mol. The molecule has 6 nitrogen and oxygen atoms in total. The van der Waals surface area contributed by atoms with Gasteiger partial charge in [0, 0.05) is 25.3 Å². The monoisotopic (exact) mass is 361 g/mol. The van der Waals surface area contributed by atoms with Crippen LogP contribution in [0.15, 0.2) is 48.7 Å². The predicted octanol–water partition coefficient (Wildman–Crippen LogP) is 2.18. The second-order valence-corrected chi connectivity index (χ2v) is 6.39. The van der Waals surface area contributed by atoms with Gasteiger partial charge in [0.1, 0.15) is 11.4 Å². The van der Waals surface area contributed by atoms with Crippen LogP contribution in [0.3, 0.4) is 0 Å². The van der Waals surface area contributed by atoms with Crippen molar-refractivity contribution in [2.45, 2.75) is 31.3 Å². The van der Waals surface area contributed by atoms with Crippen LogP contribution in [0.25, 0.3) is 0 Å². The van der Waals surface area contributed by atoms with Crippen LogP contribution in [-0.2, 0) is 10.3 Å². The third kappa shape index (κ3) is 4.46. The Kier molecular flexibility index (Phi) is 6.33. The molecule has 25 heavy (non-hydrogen) atoms. The van der Waals surface area contributed by atoms with Crippen LogP contribution in [0.2, 0.25) is 0 Å². The number of halogens is 1. The Balaban J connectivity index is 0.00000225. The summed E-state index contributed by atoms with van der Waals surface area (Å²) in [7, 11) is 0. The number of hydrogen-bond acceptors (Lipinski definition) is 5. The molecule has 1 aliphatic rings. The highest BCUT2D eigenvalue weighted by atomic mass is 35.5. The molecule has 3 N–H and O–H groups in total. The SMILES string of the molecule is CC(N)(C(=O)N1CCC(Nc2cccnn2)CC1)c1ccccc1.Cl. The molecule has 1 amide bonds. The molecule has 134 valence electrons. The number of likely N-dealkylation sites (tertiary alicyclic amines) is 1. The lowest BCUT2D eigenvalue weighted by atomic mass is 9.90. The van der Waals surface area contributed by atoms with E-state index in [2.05, 4.69) is 15.5 Å². The van der Waals surface area contributed by atoms with Gasteiger partial charge in [-0.3, -0.25) is 4.79 Å². The van der Waals surface area contributed by atoms with Gasteiger partial charge >= 0.3 is 0 Å².